The molecule has 3 nitrogen and oxygen atoms in total. The van der Waals surface area contributed by atoms with Crippen molar-refractivity contribution in [2.45, 2.75) is 25.0 Å². The number of aryl methyl sites for hydroxylation is 1. The molecule has 0 fully saturated rings. The van der Waals surface area contributed by atoms with Crippen molar-refractivity contribution in [1.82, 2.24) is 0 Å². The number of hydrogen-bond donors (Lipinski definition) is 1. The van der Waals surface area contributed by atoms with E-state index in [-0.39, 0.29) is 0 Å². The van der Waals surface area contributed by atoms with Crippen molar-refractivity contribution in [2.24, 2.45) is 5.73 Å². The standard InChI is InChI=1S/C17H21NO2S/c1-13-5-3-4-6-15(13)11-21(19)12-16-9-14(10-18)7-8-17(16)20-2/h3-9H,10-12,18H2,1-2H3. The van der Waals surface area contributed by atoms with Crippen LogP contribution in [-0.2, 0) is 28.9 Å². The van der Waals surface area contributed by atoms with Crippen molar-refractivity contribution in [3.05, 3.63) is 64.7 Å². The minimum atomic E-state index is -0.975. The molecule has 0 aliphatic heterocycles. The average Bonchev–Trinajstić information content (AvgIpc) is 2.49. The number of benzene rings is 2. The highest BCUT2D eigenvalue weighted by Crippen LogP contribution is 2.22. The van der Waals surface area contributed by atoms with Gasteiger partial charge in [-0.05, 0) is 35.7 Å². The minimum absolute atomic E-state index is 0.474. The van der Waals surface area contributed by atoms with Crippen LogP contribution in [0.2, 0.25) is 0 Å². The van der Waals surface area contributed by atoms with E-state index in [0.717, 1.165) is 22.4 Å². The Kier molecular flexibility index (Phi) is 5.53. The topological polar surface area (TPSA) is 52.3 Å². The lowest BCUT2D eigenvalue weighted by molar-refractivity contribution is 0.411. The Morgan fingerprint density at radius 1 is 1.10 bits per heavy atom. The second-order valence-corrected chi connectivity index (χ2v) is 6.46. The summed E-state index contributed by atoms with van der Waals surface area (Å²) in [5.74, 6) is 1.80. The summed E-state index contributed by atoms with van der Waals surface area (Å²) in [5.41, 5.74) is 9.95. The average molecular weight is 303 g/mol. The Morgan fingerprint density at radius 2 is 1.81 bits per heavy atom. The van der Waals surface area contributed by atoms with Crippen LogP contribution in [0.3, 0.4) is 0 Å². The molecule has 2 rings (SSSR count). The second-order valence-electron chi connectivity index (χ2n) is 5.01. The maximum absolute atomic E-state index is 12.4. The Labute approximate surface area is 128 Å². The van der Waals surface area contributed by atoms with E-state index >= 15 is 0 Å². The van der Waals surface area contributed by atoms with Crippen LogP contribution in [0.25, 0.3) is 0 Å². The van der Waals surface area contributed by atoms with Gasteiger partial charge in [-0.2, -0.15) is 0 Å². The van der Waals surface area contributed by atoms with Gasteiger partial charge >= 0.3 is 0 Å². The quantitative estimate of drug-likeness (QED) is 0.892. The summed E-state index contributed by atoms with van der Waals surface area (Å²) in [6, 6.07) is 13.9. The van der Waals surface area contributed by atoms with E-state index < -0.39 is 10.8 Å². The minimum Gasteiger partial charge on any atom is -0.496 e. The molecular weight excluding hydrogens is 282 g/mol. The molecule has 1 unspecified atom stereocenters. The van der Waals surface area contributed by atoms with Crippen LogP contribution in [-0.4, -0.2) is 11.3 Å². The monoisotopic (exact) mass is 303 g/mol. The number of rotatable bonds is 6. The maximum atomic E-state index is 12.4. The molecule has 0 amide bonds. The van der Waals surface area contributed by atoms with Gasteiger partial charge in [0.05, 0.1) is 12.9 Å². The van der Waals surface area contributed by atoms with E-state index in [1.807, 2.05) is 49.4 Å². The zero-order valence-electron chi connectivity index (χ0n) is 12.5. The first-order chi connectivity index (χ1) is 10.1. The van der Waals surface area contributed by atoms with Gasteiger partial charge in [0, 0.05) is 28.7 Å². The lowest BCUT2D eigenvalue weighted by atomic mass is 10.1. The molecule has 112 valence electrons. The maximum Gasteiger partial charge on any atom is 0.123 e. The molecule has 0 aliphatic rings. The molecule has 4 heteroatoms. The van der Waals surface area contributed by atoms with Gasteiger partial charge in [-0.25, -0.2) is 0 Å². The first-order valence-corrected chi connectivity index (χ1v) is 8.38. The predicted octanol–water partition coefficient (Wildman–Crippen LogP) is 2.91. The molecular formula is C17H21NO2S. The van der Waals surface area contributed by atoms with E-state index in [1.54, 1.807) is 7.11 Å². The number of nitrogens with two attached hydrogens (primary N) is 1. The number of ether oxygens (including phenoxy) is 1. The van der Waals surface area contributed by atoms with Gasteiger partial charge in [0.25, 0.3) is 0 Å². The SMILES string of the molecule is COc1ccc(CN)cc1CS(=O)Cc1ccccc1C. The van der Waals surface area contributed by atoms with E-state index in [9.17, 15) is 4.21 Å². The highest BCUT2D eigenvalue weighted by atomic mass is 32.2. The van der Waals surface area contributed by atoms with Crippen LogP contribution in [0, 0.1) is 6.92 Å². The zero-order valence-corrected chi connectivity index (χ0v) is 13.3. The molecule has 0 heterocycles. The summed E-state index contributed by atoms with van der Waals surface area (Å²) in [6.07, 6.45) is 0. The van der Waals surface area contributed by atoms with Gasteiger partial charge in [-0.1, -0.05) is 30.3 Å². The molecule has 1 atom stereocenters. The Hall–Kier alpha value is -1.65. The highest BCUT2D eigenvalue weighted by Gasteiger charge is 2.10. The van der Waals surface area contributed by atoms with Crippen molar-refractivity contribution in [2.75, 3.05) is 7.11 Å². The second kappa shape index (κ2) is 7.38. The molecule has 21 heavy (non-hydrogen) atoms. The fourth-order valence-electron chi connectivity index (χ4n) is 2.24. The molecule has 0 saturated heterocycles. The fraction of sp³-hybridized carbons (Fsp3) is 0.294. The summed E-state index contributed by atoms with van der Waals surface area (Å²) in [4.78, 5) is 0. The molecule has 2 N–H and O–H groups in total. The van der Waals surface area contributed by atoms with Crippen molar-refractivity contribution in [3.63, 3.8) is 0 Å². The first kappa shape index (κ1) is 15.7. The molecule has 2 aromatic carbocycles. The molecule has 0 bridgehead atoms. The summed E-state index contributed by atoms with van der Waals surface area (Å²) in [5, 5.41) is 0. The highest BCUT2D eigenvalue weighted by molar-refractivity contribution is 7.83. The summed E-state index contributed by atoms with van der Waals surface area (Å²) < 4.78 is 17.8. The Morgan fingerprint density at radius 3 is 2.48 bits per heavy atom. The molecule has 0 aromatic heterocycles. The van der Waals surface area contributed by atoms with E-state index in [0.29, 0.717) is 18.1 Å². The largest absolute Gasteiger partial charge is 0.496 e. The number of methoxy groups -OCH3 is 1. The van der Waals surface area contributed by atoms with E-state index in [2.05, 4.69) is 0 Å². The molecule has 0 saturated carbocycles. The van der Waals surface area contributed by atoms with Crippen molar-refractivity contribution in [1.29, 1.82) is 0 Å². The molecule has 0 spiro atoms. The van der Waals surface area contributed by atoms with Crippen LogP contribution in [0.15, 0.2) is 42.5 Å². The van der Waals surface area contributed by atoms with Gasteiger partial charge in [-0.3, -0.25) is 4.21 Å². The third-order valence-corrected chi connectivity index (χ3v) is 4.74. The van der Waals surface area contributed by atoms with Gasteiger partial charge < -0.3 is 10.5 Å². The normalized spacial score (nSPS) is 12.1. The van der Waals surface area contributed by atoms with Crippen molar-refractivity contribution in [3.8, 4) is 5.75 Å². The lowest BCUT2D eigenvalue weighted by Gasteiger charge is -2.11. The van der Waals surface area contributed by atoms with Crippen molar-refractivity contribution >= 4 is 10.8 Å². The zero-order chi connectivity index (χ0) is 15.2. The van der Waals surface area contributed by atoms with Crippen LogP contribution in [0.5, 0.6) is 5.75 Å². The number of hydrogen-bond acceptors (Lipinski definition) is 3. The van der Waals surface area contributed by atoms with Crippen LogP contribution >= 0.6 is 0 Å². The summed E-state index contributed by atoms with van der Waals surface area (Å²) in [6.45, 7) is 2.52. The molecule has 0 radical (unpaired) electrons. The smallest absolute Gasteiger partial charge is 0.123 e. The van der Waals surface area contributed by atoms with Gasteiger partial charge in [0.1, 0.15) is 5.75 Å². The van der Waals surface area contributed by atoms with Gasteiger partial charge in [0.15, 0.2) is 0 Å². The van der Waals surface area contributed by atoms with Crippen LogP contribution in [0.1, 0.15) is 22.3 Å². The summed E-state index contributed by atoms with van der Waals surface area (Å²) >= 11 is 0. The summed E-state index contributed by atoms with van der Waals surface area (Å²) in [7, 11) is 0.655. The van der Waals surface area contributed by atoms with Crippen LogP contribution in [0.4, 0.5) is 0 Å². The van der Waals surface area contributed by atoms with E-state index in [1.165, 1.54) is 5.56 Å². The van der Waals surface area contributed by atoms with E-state index in [4.69, 9.17) is 10.5 Å². The Bertz CT molecular complexity index is 640. The first-order valence-electron chi connectivity index (χ1n) is 6.89. The molecule has 2 aromatic rings. The van der Waals surface area contributed by atoms with Gasteiger partial charge in [0.2, 0.25) is 0 Å². The Balaban J connectivity index is 2.14. The fourth-order valence-corrected chi connectivity index (χ4v) is 3.59. The predicted molar refractivity (Wildman–Crippen MR) is 87.6 cm³/mol. The third kappa shape index (κ3) is 4.16. The van der Waals surface area contributed by atoms with Crippen LogP contribution < -0.4 is 10.5 Å². The van der Waals surface area contributed by atoms with Gasteiger partial charge in [-0.15, -0.1) is 0 Å². The lowest BCUT2D eigenvalue weighted by Crippen LogP contribution is -2.04. The third-order valence-electron chi connectivity index (χ3n) is 3.47. The molecule has 0 aliphatic carbocycles. The van der Waals surface area contributed by atoms with Crippen molar-refractivity contribution < 1.29 is 8.95 Å².